The van der Waals surface area contributed by atoms with Crippen LogP contribution in [0.2, 0.25) is 10.0 Å². The number of nitrogens with zero attached hydrogens (tertiary/aromatic N) is 4. The summed E-state index contributed by atoms with van der Waals surface area (Å²) >= 11 is 14.5. The predicted molar refractivity (Wildman–Crippen MR) is 119 cm³/mol. The molecule has 1 aromatic carbocycles. The van der Waals surface area contributed by atoms with Crippen molar-refractivity contribution in [3.05, 3.63) is 28.5 Å². The lowest BCUT2D eigenvalue weighted by Crippen LogP contribution is -2.15. The van der Waals surface area contributed by atoms with Crippen LogP contribution >= 0.6 is 46.7 Å². The lowest BCUT2D eigenvalue weighted by Gasteiger charge is -2.13. The molecule has 0 fully saturated rings. The van der Waals surface area contributed by atoms with Crippen LogP contribution in [0.4, 0.5) is 15.3 Å². The second kappa shape index (κ2) is 11.0. The highest BCUT2D eigenvalue weighted by Crippen LogP contribution is 2.40. The van der Waals surface area contributed by atoms with Gasteiger partial charge in [0.15, 0.2) is 5.69 Å². The number of aromatic nitrogens is 2. The fourth-order valence-electron chi connectivity index (χ4n) is 1.94. The van der Waals surface area contributed by atoms with Crippen LogP contribution in [-0.2, 0) is 10.2 Å². The number of nitrogens with two attached hydrogens (primary N) is 2. The van der Waals surface area contributed by atoms with E-state index in [2.05, 4.69) is 20.2 Å². The highest BCUT2D eigenvalue weighted by molar-refractivity contribution is 8.00. The van der Waals surface area contributed by atoms with Crippen LogP contribution in [0.25, 0.3) is 0 Å². The van der Waals surface area contributed by atoms with E-state index in [1.54, 1.807) is 0 Å². The lowest BCUT2D eigenvalue weighted by molar-refractivity contribution is 0.552. The topological polar surface area (TPSA) is 137 Å². The normalized spacial score (nSPS) is 14.2. The Bertz CT molecular complexity index is 1010. The quantitative estimate of drug-likeness (QED) is 0.149. The Morgan fingerprint density at radius 2 is 1.57 bits per heavy atom. The molecule has 4 N–H and O–H groups in total. The minimum atomic E-state index is -5.03. The maximum atomic E-state index is 13.3. The molecule has 2 unspecified atom stereocenters. The third-order valence-electron chi connectivity index (χ3n) is 3.61. The first kappa shape index (κ1) is 25.2. The van der Waals surface area contributed by atoms with Crippen LogP contribution in [0.1, 0.15) is 26.7 Å². The van der Waals surface area contributed by atoms with E-state index in [1.165, 1.54) is 29.9 Å². The van der Waals surface area contributed by atoms with Crippen molar-refractivity contribution in [2.75, 3.05) is 0 Å². The maximum absolute atomic E-state index is 13.3. The number of benzene rings is 1. The summed E-state index contributed by atoms with van der Waals surface area (Å²) in [5, 5.41) is 8.29. The first-order valence-corrected chi connectivity index (χ1v) is 12.5. The van der Waals surface area contributed by atoms with Crippen molar-refractivity contribution in [3.63, 3.8) is 0 Å². The van der Waals surface area contributed by atoms with E-state index in [4.69, 9.17) is 34.7 Å². The van der Waals surface area contributed by atoms with Crippen molar-refractivity contribution in [3.8, 4) is 0 Å². The van der Waals surface area contributed by atoms with E-state index in [0.29, 0.717) is 28.6 Å². The number of thioether (sulfide) groups is 2. The van der Waals surface area contributed by atoms with Crippen molar-refractivity contribution < 1.29 is 12.3 Å². The van der Waals surface area contributed by atoms with Crippen LogP contribution in [0, 0.1) is 0 Å². The molecule has 0 spiro atoms. The molecule has 0 aliphatic heterocycles. The van der Waals surface area contributed by atoms with Crippen LogP contribution in [0.5, 0.6) is 0 Å². The molecule has 0 saturated heterocycles. The Morgan fingerprint density at radius 1 is 1.03 bits per heavy atom. The van der Waals surface area contributed by atoms with E-state index < -0.39 is 15.1 Å². The van der Waals surface area contributed by atoms with Gasteiger partial charge in [-0.2, -0.15) is 8.42 Å². The van der Waals surface area contributed by atoms with Gasteiger partial charge < -0.3 is 11.5 Å². The number of azo groups is 1. The molecule has 0 bridgehead atoms. The van der Waals surface area contributed by atoms with Crippen molar-refractivity contribution in [1.29, 1.82) is 0 Å². The Labute approximate surface area is 192 Å². The fourth-order valence-corrected chi connectivity index (χ4v) is 4.88. The van der Waals surface area contributed by atoms with Crippen molar-refractivity contribution in [2.24, 2.45) is 21.7 Å². The molecule has 30 heavy (non-hydrogen) atoms. The summed E-state index contributed by atoms with van der Waals surface area (Å²) in [6, 6.07) is 1.99. The molecule has 164 valence electrons. The summed E-state index contributed by atoms with van der Waals surface area (Å²) in [6.45, 7) is 3.87. The van der Waals surface area contributed by atoms with Crippen LogP contribution in [-0.4, -0.2) is 29.1 Å². The number of hydrogen-bond donors (Lipinski definition) is 2. The molecule has 0 aliphatic rings. The molecule has 2 atom stereocenters. The Hall–Kier alpha value is -1.02. The Morgan fingerprint density at radius 3 is 2.03 bits per heavy atom. The average molecular weight is 513 g/mol. The number of rotatable bonds is 9. The Kier molecular flexibility index (Phi) is 9.28. The van der Waals surface area contributed by atoms with Crippen LogP contribution in [0.3, 0.4) is 0 Å². The largest absolute Gasteiger partial charge is 0.333 e. The number of hydrogen-bond acceptors (Lipinski definition) is 10. The van der Waals surface area contributed by atoms with E-state index in [0.717, 1.165) is 12.1 Å². The molecule has 1 aromatic heterocycles. The molecule has 0 saturated carbocycles. The average Bonchev–Trinajstić information content (AvgIpc) is 2.68. The monoisotopic (exact) mass is 512 g/mol. The number of halogens is 3. The fraction of sp³-hybridized carbons (Fsp3) is 0.375. The van der Waals surface area contributed by atoms with Gasteiger partial charge in [-0.3, -0.25) is 0 Å². The standard InChI is InChI=1S/C16H19Cl2FN6O2S3/c1-3-12(20)28-15-14(16(23-7-22-15)29-13(21)4-2)25-24-10-5-9(18)11(6-8(10)17)30(19,26)27/h5-7,12-13H,3-4,20-21H2,1-2H3. The van der Waals surface area contributed by atoms with E-state index >= 15 is 0 Å². The molecule has 2 rings (SSSR count). The SMILES string of the molecule is CCC(N)Sc1ncnc(SC(N)CC)c1N=Nc1cc(Cl)c(S(=O)(=O)F)cc1Cl. The molecular weight excluding hydrogens is 494 g/mol. The second-order valence-electron chi connectivity index (χ2n) is 5.83. The van der Waals surface area contributed by atoms with Crippen molar-refractivity contribution >= 4 is 68.3 Å². The molecule has 8 nitrogen and oxygen atoms in total. The summed E-state index contributed by atoms with van der Waals surface area (Å²) in [4.78, 5) is 7.73. The molecule has 1 heterocycles. The molecule has 0 aliphatic carbocycles. The van der Waals surface area contributed by atoms with Gasteiger partial charge in [0.1, 0.15) is 27.0 Å². The summed E-state index contributed by atoms with van der Waals surface area (Å²) in [5.74, 6) is 0. The Balaban J connectivity index is 2.51. The molecule has 0 amide bonds. The van der Waals surface area contributed by atoms with Gasteiger partial charge in [-0.05, 0) is 25.0 Å². The van der Waals surface area contributed by atoms with Gasteiger partial charge in [0.2, 0.25) is 0 Å². The zero-order valence-corrected chi connectivity index (χ0v) is 19.9. The lowest BCUT2D eigenvalue weighted by atomic mass is 10.3. The van der Waals surface area contributed by atoms with Crippen molar-refractivity contribution in [2.45, 2.75) is 52.4 Å². The van der Waals surface area contributed by atoms with Gasteiger partial charge in [0.25, 0.3) is 0 Å². The second-order valence-corrected chi connectivity index (χ2v) is 10.4. The third kappa shape index (κ3) is 6.74. The van der Waals surface area contributed by atoms with E-state index in [1.807, 2.05) is 13.8 Å². The minimum Gasteiger partial charge on any atom is -0.319 e. The summed E-state index contributed by atoms with van der Waals surface area (Å²) in [7, 11) is -5.03. The molecule has 14 heteroatoms. The summed E-state index contributed by atoms with van der Waals surface area (Å²) in [5.41, 5.74) is 12.4. The van der Waals surface area contributed by atoms with Gasteiger partial charge in [0.05, 0.1) is 20.8 Å². The molecule has 2 aromatic rings. The van der Waals surface area contributed by atoms with E-state index in [-0.39, 0.29) is 26.5 Å². The van der Waals surface area contributed by atoms with Gasteiger partial charge in [-0.15, -0.1) is 14.1 Å². The van der Waals surface area contributed by atoms with Gasteiger partial charge in [-0.25, -0.2) is 9.97 Å². The molecular formula is C16H19Cl2FN6O2S3. The maximum Gasteiger partial charge on any atom is 0.333 e. The zero-order chi connectivity index (χ0) is 22.5. The molecule has 0 radical (unpaired) electrons. The predicted octanol–water partition coefficient (Wildman–Crippen LogP) is 5.43. The van der Waals surface area contributed by atoms with Gasteiger partial charge >= 0.3 is 10.2 Å². The zero-order valence-electron chi connectivity index (χ0n) is 15.9. The summed E-state index contributed by atoms with van der Waals surface area (Å²) in [6.07, 6.45) is 2.78. The highest BCUT2D eigenvalue weighted by atomic mass is 35.5. The van der Waals surface area contributed by atoms with Crippen LogP contribution in [0.15, 0.2) is 43.6 Å². The first-order valence-electron chi connectivity index (χ1n) is 8.61. The van der Waals surface area contributed by atoms with Crippen LogP contribution < -0.4 is 11.5 Å². The van der Waals surface area contributed by atoms with Gasteiger partial charge in [-0.1, -0.05) is 60.6 Å². The van der Waals surface area contributed by atoms with Gasteiger partial charge in [0, 0.05) is 0 Å². The third-order valence-corrected chi connectivity index (χ3v) is 7.51. The minimum absolute atomic E-state index is 0.0457. The highest BCUT2D eigenvalue weighted by Gasteiger charge is 2.20. The van der Waals surface area contributed by atoms with Crippen molar-refractivity contribution in [1.82, 2.24) is 9.97 Å². The smallest absolute Gasteiger partial charge is 0.319 e. The summed E-state index contributed by atoms with van der Waals surface area (Å²) < 4.78 is 35.6. The first-order chi connectivity index (χ1) is 14.1. The van der Waals surface area contributed by atoms with E-state index in [9.17, 15) is 12.3 Å².